The van der Waals surface area contributed by atoms with Gasteiger partial charge in [-0.2, -0.15) is 0 Å². The first-order valence-electron chi connectivity index (χ1n) is 7.50. The highest BCUT2D eigenvalue weighted by atomic mass is 16.5. The standard InChI is InChI=1S/C16H24N2O3/c1-20-11-9-18-16(19)5-8-17-7-4-13-2-3-15-14(12-13)6-10-21-15/h2-3,12,17H,4-11H2,1H3,(H,18,19). The Hall–Kier alpha value is -1.59. The molecule has 2 N–H and O–H groups in total. The summed E-state index contributed by atoms with van der Waals surface area (Å²) in [6.07, 6.45) is 2.48. The van der Waals surface area contributed by atoms with E-state index in [0.717, 1.165) is 31.7 Å². The Balaban J connectivity index is 1.56. The monoisotopic (exact) mass is 292 g/mol. The van der Waals surface area contributed by atoms with Crippen LogP contribution in [0.25, 0.3) is 0 Å². The lowest BCUT2D eigenvalue weighted by atomic mass is 10.1. The topological polar surface area (TPSA) is 59.6 Å². The van der Waals surface area contributed by atoms with Crippen LogP contribution in [0.1, 0.15) is 17.5 Å². The Morgan fingerprint density at radius 2 is 2.24 bits per heavy atom. The van der Waals surface area contributed by atoms with Crippen LogP contribution < -0.4 is 15.4 Å². The van der Waals surface area contributed by atoms with Gasteiger partial charge < -0.3 is 20.1 Å². The minimum absolute atomic E-state index is 0.0641. The first kappa shape index (κ1) is 15.8. The number of methoxy groups -OCH3 is 1. The van der Waals surface area contributed by atoms with Gasteiger partial charge in [-0.15, -0.1) is 0 Å². The number of hydrogen-bond acceptors (Lipinski definition) is 4. The normalized spacial score (nSPS) is 12.8. The van der Waals surface area contributed by atoms with Crippen molar-refractivity contribution >= 4 is 5.91 Å². The minimum Gasteiger partial charge on any atom is -0.493 e. The molecule has 0 aliphatic carbocycles. The van der Waals surface area contributed by atoms with E-state index in [0.29, 0.717) is 26.1 Å². The molecule has 0 unspecified atom stereocenters. The number of benzene rings is 1. The van der Waals surface area contributed by atoms with Gasteiger partial charge in [0.25, 0.3) is 0 Å². The zero-order chi connectivity index (χ0) is 14.9. The van der Waals surface area contributed by atoms with Crippen molar-refractivity contribution in [1.29, 1.82) is 0 Å². The number of ether oxygens (including phenoxy) is 2. The Bertz CT molecular complexity index is 463. The molecule has 0 bridgehead atoms. The molecule has 0 fully saturated rings. The maximum atomic E-state index is 11.5. The summed E-state index contributed by atoms with van der Waals surface area (Å²) in [5.74, 6) is 1.09. The quantitative estimate of drug-likeness (QED) is 0.664. The fourth-order valence-electron chi connectivity index (χ4n) is 2.34. The summed E-state index contributed by atoms with van der Waals surface area (Å²) in [5, 5.41) is 6.10. The van der Waals surface area contributed by atoms with Gasteiger partial charge in [0.2, 0.25) is 5.91 Å². The zero-order valence-corrected chi connectivity index (χ0v) is 12.6. The molecule has 1 aromatic rings. The van der Waals surface area contributed by atoms with E-state index in [2.05, 4.69) is 28.8 Å². The molecular formula is C16H24N2O3. The van der Waals surface area contributed by atoms with Gasteiger partial charge >= 0.3 is 0 Å². The van der Waals surface area contributed by atoms with E-state index in [4.69, 9.17) is 9.47 Å². The van der Waals surface area contributed by atoms with Gasteiger partial charge in [0.15, 0.2) is 0 Å². The van der Waals surface area contributed by atoms with Crippen molar-refractivity contribution in [2.45, 2.75) is 19.3 Å². The molecule has 1 amide bonds. The van der Waals surface area contributed by atoms with Gasteiger partial charge in [0.1, 0.15) is 5.75 Å². The molecule has 0 spiro atoms. The van der Waals surface area contributed by atoms with Crippen molar-refractivity contribution in [3.8, 4) is 5.75 Å². The predicted octanol–water partition coefficient (Wildman–Crippen LogP) is 0.906. The summed E-state index contributed by atoms with van der Waals surface area (Å²) in [7, 11) is 1.62. The molecule has 0 aromatic heterocycles. The first-order chi connectivity index (χ1) is 10.3. The second kappa shape index (κ2) is 8.64. The van der Waals surface area contributed by atoms with Crippen LogP contribution in [0.15, 0.2) is 18.2 Å². The SMILES string of the molecule is COCCNC(=O)CCNCCc1ccc2c(c1)CCO2. The van der Waals surface area contributed by atoms with Crippen LogP contribution in [0.5, 0.6) is 5.75 Å². The van der Waals surface area contributed by atoms with Crippen LogP contribution in [0, 0.1) is 0 Å². The molecular weight excluding hydrogens is 268 g/mol. The smallest absolute Gasteiger partial charge is 0.221 e. The van der Waals surface area contributed by atoms with E-state index in [1.165, 1.54) is 11.1 Å². The molecule has 1 aliphatic rings. The second-order valence-electron chi connectivity index (χ2n) is 5.13. The molecule has 0 saturated heterocycles. The largest absolute Gasteiger partial charge is 0.493 e. The minimum atomic E-state index is 0.0641. The van der Waals surface area contributed by atoms with E-state index in [1.807, 2.05) is 0 Å². The molecule has 0 atom stereocenters. The van der Waals surface area contributed by atoms with Crippen LogP contribution in [0.3, 0.4) is 0 Å². The van der Waals surface area contributed by atoms with E-state index < -0.39 is 0 Å². The van der Waals surface area contributed by atoms with E-state index >= 15 is 0 Å². The van der Waals surface area contributed by atoms with Gasteiger partial charge in [-0.1, -0.05) is 12.1 Å². The highest BCUT2D eigenvalue weighted by molar-refractivity contribution is 5.76. The van der Waals surface area contributed by atoms with Gasteiger partial charge in [-0.05, 0) is 30.2 Å². The molecule has 0 radical (unpaired) electrons. The summed E-state index contributed by atoms with van der Waals surface area (Å²) < 4.78 is 10.4. The van der Waals surface area contributed by atoms with Gasteiger partial charge in [-0.3, -0.25) is 4.79 Å². The van der Waals surface area contributed by atoms with Crippen molar-refractivity contribution < 1.29 is 14.3 Å². The Morgan fingerprint density at radius 3 is 3.10 bits per heavy atom. The average Bonchev–Trinajstić information content (AvgIpc) is 2.94. The highest BCUT2D eigenvalue weighted by Crippen LogP contribution is 2.25. The molecule has 116 valence electrons. The second-order valence-corrected chi connectivity index (χ2v) is 5.13. The lowest BCUT2D eigenvalue weighted by Gasteiger charge is -2.07. The summed E-state index contributed by atoms with van der Waals surface area (Å²) >= 11 is 0. The van der Waals surface area contributed by atoms with Crippen LogP contribution >= 0.6 is 0 Å². The maximum Gasteiger partial charge on any atom is 0.221 e. The molecule has 21 heavy (non-hydrogen) atoms. The lowest BCUT2D eigenvalue weighted by molar-refractivity contribution is -0.121. The van der Waals surface area contributed by atoms with Crippen LogP contribution in [-0.2, 0) is 22.4 Å². The van der Waals surface area contributed by atoms with Gasteiger partial charge in [0.05, 0.1) is 13.2 Å². The van der Waals surface area contributed by atoms with Crippen molar-refractivity contribution in [2.24, 2.45) is 0 Å². The number of fused-ring (bicyclic) bond motifs is 1. The Morgan fingerprint density at radius 1 is 1.33 bits per heavy atom. The van der Waals surface area contributed by atoms with E-state index in [9.17, 15) is 4.79 Å². The third-order valence-corrected chi connectivity index (χ3v) is 3.50. The molecule has 1 aliphatic heterocycles. The number of nitrogens with one attached hydrogen (secondary N) is 2. The third kappa shape index (κ3) is 5.36. The fraction of sp³-hybridized carbons (Fsp3) is 0.562. The van der Waals surface area contributed by atoms with Crippen LogP contribution in [-0.4, -0.2) is 45.9 Å². The lowest BCUT2D eigenvalue weighted by Crippen LogP contribution is -2.30. The Labute approximate surface area is 126 Å². The number of rotatable bonds is 9. The summed E-state index contributed by atoms with van der Waals surface area (Å²) in [4.78, 5) is 11.5. The molecule has 0 saturated carbocycles. The fourth-order valence-corrected chi connectivity index (χ4v) is 2.34. The van der Waals surface area contributed by atoms with Crippen molar-refractivity contribution in [2.75, 3.05) is 40.0 Å². The molecule has 2 rings (SSSR count). The molecule has 1 aromatic carbocycles. The number of carbonyl (C=O) groups excluding carboxylic acids is 1. The molecule has 1 heterocycles. The summed E-state index contributed by atoms with van der Waals surface area (Å²) in [6, 6.07) is 6.39. The molecule has 5 nitrogen and oxygen atoms in total. The van der Waals surface area contributed by atoms with Crippen molar-refractivity contribution in [1.82, 2.24) is 10.6 Å². The number of hydrogen-bond donors (Lipinski definition) is 2. The van der Waals surface area contributed by atoms with Gasteiger partial charge in [-0.25, -0.2) is 0 Å². The first-order valence-corrected chi connectivity index (χ1v) is 7.50. The van der Waals surface area contributed by atoms with Crippen molar-refractivity contribution in [3.63, 3.8) is 0 Å². The number of carbonyl (C=O) groups is 1. The predicted molar refractivity (Wildman–Crippen MR) is 81.7 cm³/mol. The van der Waals surface area contributed by atoms with Crippen LogP contribution in [0.2, 0.25) is 0 Å². The number of amides is 1. The van der Waals surface area contributed by atoms with Gasteiger partial charge in [0, 0.05) is 33.0 Å². The van der Waals surface area contributed by atoms with Crippen LogP contribution in [0.4, 0.5) is 0 Å². The maximum absolute atomic E-state index is 11.5. The molecule has 5 heteroatoms. The summed E-state index contributed by atoms with van der Waals surface area (Å²) in [6.45, 7) is 3.51. The van der Waals surface area contributed by atoms with Crippen molar-refractivity contribution in [3.05, 3.63) is 29.3 Å². The van der Waals surface area contributed by atoms with E-state index in [1.54, 1.807) is 7.11 Å². The average molecular weight is 292 g/mol. The van der Waals surface area contributed by atoms with E-state index in [-0.39, 0.29) is 5.91 Å². The highest BCUT2D eigenvalue weighted by Gasteiger charge is 2.11. The third-order valence-electron chi connectivity index (χ3n) is 3.50. The zero-order valence-electron chi connectivity index (χ0n) is 12.6. The summed E-state index contributed by atoms with van der Waals surface area (Å²) in [5.41, 5.74) is 2.63. The Kier molecular flexibility index (Phi) is 6.50.